The van der Waals surface area contributed by atoms with Gasteiger partial charge in [0, 0.05) is 36.6 Å². The first-order valence-corrected chi connectivity index (χ1v) is 14.9. The molecule has 6 rings (SSSR count). The molecule has 2 atom stereocenters. The predicted octanol–water partition coefficient (Wildman–Crippen LogP) is 1.18. The second kappa shape index (κ2) is 12.6. The maximum absolute atomic E-state index is 12.5. The van der Waals surface area contributed by atoms with Crippen LogP contribution in [-0.4, -0.2) is 79.4 Å². The molecule has 0 saturated heterocycles. The number of aromatic nitrogens is 6. The number of hydrogen-bond acceptors (Lipinski definition) is 10. The number of nitrogens with zero attached hydrogens (tertiary/aromatic N) is 8. The van der Waals surface area contributed by atoms with E-state index in [4.69, 9.17) is 0 Å². The summed E-state index contributed by atoms with van der Waals surface area (Å²) in [5, 5.41) is 50.5. The van der Waals surface area contributed by atoms with Crippen molar-refractivity contribution in [1.82, 2.24) is 25.0 Å². The Hall–Kier alpha value is -4.10. The largest absolute Gasteiger partial charge is 0.739 e. The summed E-state index contributed by atoms with van der Waals surface area (Å²) in [6.45, 7) is 7.28. The predicted molar refractivity (Wildman–Crippen MR) is 165 cm³/mol. The maximum Gasteiger partial charge on any atom is 0.461 e. The van der Waals surface area contributed by atoms with Gasteiger partial charge in [0.1, 0.15) is 5.52 Å². The van der Waals surface area contributed by atoms with Crippen molar-refractivity contribution >= 4 is 34.0 Å². The van der Waals surface area contributed by atoms with Crippen LogP contribution in [0.3, 0.4) is 0 Å². The highest BCUT2D eigenvalue weighted by molar-refractivity contribution is 5.74. The Morgan fingerprint density at radius 1 is 0.698 bits per heavy atom. The Balaban J connectivity index is 0.000000171. The van der Waals surface area contributed by atoms with E-state index in [0.29, 0.717) is 57.1 Å². The Bertz CT molecular complexity index is 1630. The summed E-state index contributed by atoms with van der Waals surface area (Å²) in [4.78, 5) is 9.76. The number of benzene rings is 2. The van der Waals surface area contributed by atoms with Crippen LogP contribution in [0.2, 0.25) is 0 Å². The fourth-order valence-corrected chi connectivity index (χ4v) is 5.83. The number of hydrogen-bond donors (Lipinski definition) is 2. The molecule has 0 aliphatic heterocycles. The topological polar surface area (TPSA) is 150 Å². The third-order valence-corrected chi connectivity index (χ3v) is 7.97. The lowest BCUT2D eigenvalue weighted by molar-refractivity contribution is -0.672. The van der Waals surface area contributed by atoms with E-state index in [1.807, 2.05) is 57.4 Å². The summed E-state index contributed by atoms with van der Waals surface area (Å²) >= 11 is 0. The lowest BCUT2D eigenvalue weighted by Crippen LogP contribution is -2.44. The zero-order valence-electron chi connectivity index (χ0n) is 25.9. The standard InChI is InChI=1S/C15H21N5O2.C15H21N5O/c1-10-6-11-8-13-14(9-12(11)7-10)20(22)17-15(19(13)21)16-4-5-18(2)3;1-10-6-11-8-13-14(9-12(11)7-10)20(21)18-15(17-13)16-4-5-19(2)3/h8-10H,4-7H2,1-3H3,(H,16,17);8-10H,4-7H2,1-3H3,(H,16,17,18). The highest BCUT2D eigenvalue weighted by Gasteiger charge is 2.26. The van der Waals surface area contributed by atoms with Crippen molar-refractivity contribution < 1.29 is 14.4 Å². The molecule has 230 valence electrons. The van der Waals surface area contributed by atoms with Gasteiger partial charge < -0.3 is 30.7 Å². The molecular weight excluding hydrogens is 548 g/mol. The monoisotopic (exact) mass is 590 g/mol. The van der Waals surface area contributed by atoms with Crippen LogP contribution in [0, 0.1) is 27.5 Å². The summed E-state index contributed by atoms with van der Waals surface area (Å²) in [6, 6.07) is 7.65. The quantitative estimate of drug-likeness (QED) is 0.226. The molecule has 13 nitrogen and oxygen atoms in total. The lowest BCUT2D eigenvalue weighted by Gasteiger charge is -2.12. The molecule has 13 heteroatoms. The first-order valence-electron chi connectivity index (χ1n) is 14.9. The average Bonchev–Trinajstić information content (AvgIpc) is 3.48. The van der Waals surface area contributed by atoms with Gasteiger partial charge in [-0.1, -0.05) is 13.8 Å². The molecule has 0 spiro atoms. The third kappa shape index (κ3) is 6.94. The molecule has 0 bridgehead atoms. The molecule has 2 unspecified atom stereocenters. The normalized spacial score (nSPS) is 17.3. The van der Waals surface area contributed by atoms with Crippen LogP contribution in [0.15, 0.2) is 24.3 Å². The van der Waals surface area contributed by atoms with Gasteiger partial charge >= 0.3 is 5.95 Å². The van der Waals surface area contributed by atoms with E-state index in [1.165, 1.54) is 11.1 Å². The van der Waals surface area contributed by atoms with Gasteiger partial charge in [0.15, 0.2) is 5.52 Å². The summed E-state index contributed by atoms with van der Waals surface area (Å²) in [7, 11) is 7.89. The molecule has 43 heavy (non-hydrogen) atoms. The Kier molecular flexibility index (Phi) is 8.92. The van der Waals surface area contributed by atoms with Gasteiger partial charge in [-0.3, -0.25) is 5.32 Å². The molecular formula is C30H42N10O3. The first kappa shape index (κ1) is 30.4. The summed E-state index contributed by atoms with van der Waals surface area (Å²) in [5.41, 5.74) is 6.88. The van der Waals surface area contributed by atoms with Crippen LogP contribution in [0.1, 0.15) is 36.1 Å². The summed E-state index contributed by atoms with van der Waals surface area (Å²) in [5.74, 6) is 1.64. The van der Waals surface area contributed by atoms with Gasteiger partial charge in [0.25, 0.3) is 17.0 Å². The first-order chi connectivity index (χ1) is 20.5. The molecule has 0 radical (unpaired) electrons. The van der Waals surface area contributed by atoms with Crippen LogP contribution >= 0.6 is 0 Å². The van der Waals surface area contributed by atoms with Gasteiger partial charge in [0.05, 0.1) is 11.6 Å². The molecule has 0 fully saturated rings. The molecule has 4 aromatic rings. The van der Waals surface area contributed by atoms with Crippen molar-refractivity contribution in [3.8, 4) is 0 Å². The number of anilines is 2. The van der Waals surface area contributed by atoms with Gasteiger partial charge in [0.2, 0.25) is 5.10 Å². The Morgan fingerprint density at radius 2 is 1.19 bits per heavy atom. The minimum absolute atomic E-state index is 0.0512. The van der Waals surface area contributed by atoms with Crippen molar-refractivity contribution in [2.45, 2.75) is 39.5 Å². The fraction of sp³-hybridized carbons (Fsp3) is 0.533. The SMILES string of the molecule is CC1Cc2cc3c(cc2C1)[n+]([O-])c(NCCN(C)C)n[n+]3[O-].CC1Cc2cc3nc(NCCN(C)C)n[n+]([O-])c3cc2C1. The molecule has 2 aliphatic rings. The van der Waals surface area contributed by atoms with E-state index in [-0.39, 0.29) is 5.95 Å². The van der Waals surface area contributed by atoms with Crippen LogP contribution in [-0.2, 0) is 25.7 Å². The number of rotatable bonds is 8. The summed E-state index contributed by atoms with van der Waals surface area (Å²) < 4.78 is 0.725. The average molecular weight is 591 g/mol. The van der Waals surface area contributed by atoms with E-state index in [0.717, 1.165) is 60.1 Å². The van der Waals surface area contributed by atoms with Crippen molar-refractivity contribution in [3.05, 3.63) is 62.1 Å². The zero-order valence-corrected chi connectivity index (χ0v) is 25.9. The van der Waals surface area contributed by atoms with Crippen LogP contribution < -0.4 is 25.1 Å². The zero-order chi connectivity index (χ0) is 30.8. The molecule has 2 heterocycles. The highest BCUT2D eigenvalue weighted by atomic mass is 16.5. The van der Waals surface area contributed by atoms with Crippen molar-refractivity contribution in [1.29, 1.82) is 0 Å². The second-order valence-corrected chi connectivity index (χ2v) is 12.5. The van der Waals surface area contributed by atoms with Gasteiger partial charge in [-0.2, -0.15) is 0 Å². The summed E-state index contributed by atoms with van der Waals surface area (Å²) in [6.07, 6.45) is 4.01. The molecule has 0 saturated carbocycles. The van der Waals surface area contributed by atoms with E-state index in [2.05, 4.69) is 44.6 Å². The molecule has 2 N–H and O–H groups in total. The maximum atomic E-state index is 12.5. The Labute approximate surface area is 251 Å². The third-order valence-electron chi connectivity index (χ3n) is 7.97. The van der Waals surface area contributed by atoms with Crippen molar-refractivity contribution in [2.24, 2.45) is 11.8 Å². The highest BCUT2D eigenvalue weighted by Crippen LogP contribution is 2.30. The van der Waals surface area contributed by atoms with Crippen molar-refractivity contribution in [2.75, 3.05) is 65.0 Å². The second-order valence-electron chi connectivity index (χ2n) is 12.5. The van der Waals surface area contributed by atoms with Gasteiger partial charge in [-0.25, -0.2) is 9.71 Å². The van der Waals surface area contributed by atoms with Crippen LogP contribution in [0.4, 0.5) is 11.9 Å². The van der Waals surface area contributed by atoms with Crippen molar-refractivity contribution in [3.63, 3.8) is 0 Å². The van der Waals surface area contributed by atoms with E-state index >= 15 is 0 Å². The minimum Gasteiger partial charge on any atom is -0.739 e. The van der Waals surface area contributed by atoms with Gasteiger partial charge in [-0.05, 0) is 105 Å². The molecule has 0 amide bonds. The van der Waals surface area contributed by atoms with E-state index in [1.54, 1.807) is 0 Å². The van der Waals surface area contributed by atoms with Gasteiger partial charge in [-0.15, -0.1) is 0 Å². The van der Waals surface area contributed by atoms with E-state index < -0.39 is 0 Å². The number of nitrogens with one attached hydrogen (secondary N) is 2. The van der Waals surface area contributed by atoms with E-state index in [9.17, 15) is 15.6 Å². The Morgan fingerprint density at radius 3 is 1.77 bits per heavy atom. The smallest absolute Gasteiger partial charge is 0.461 e. The molecule has 2 aromatic heterocycles. The van der Waals surface area contributed by atoms with Crippen LogP contribution in [0.5, 0.6) is 0 Å². The number of fused-ring (bicyclic) bond motifs is 4. The minimum atomic E-state index is 0.0512. The van der Waals surface area contributed by atoms with Crippen LogP contribution in [0.25, 0.3) is 22.1 Å². The molecule has 2 aromatic carbocycles. The number of likely N-dealkylation sites (N-methyl/N-ethyl adjacent to an activating group) is 2. The molecule has 2 aliphatic carbocycles. The fourth-order valence-electron chi connectivity index (χ4n) is 5.83. The lowest BCUT2D eigenvalue weighted by atomic mass is 10.1.